The molecule has 1 amide bonds. The lowest BCUT2D eigenvalue weighted by molar-refractivity contribution is -0.130. The van der Waals surface area contributed by atoms with Crippen LogP contribution in [0.4, 0.5) is 0 Å². The van der Waals surface area contributed by atoms with Gasteiger partial charge in [-0.15, -0.1) is 11.3 Å². The third kappa shape index (κ3) is 2.80. The van der Waals surface area contributed by atoms with E-state index in [2.05, 4.69) is 4.98 Å². The quantitative estimate of drug-likeness (QED) is 0.828. The van der Waals surface area contributed by atoms with Crippen molar-refractivity contribution in [3.05, 3.63) is 28.1 Å². The summed E-state index contributed by atoms with van der Waals surface area (Å²) in [6, 6.07) is 3.75. The number of fused-ring (bicyclic) bond motifs is 1. The van der Waals surface area contributed by atoms with E-state index >= 15 is 0 Å². The normalized spacial score (nSPS) is 10.3. The molecule has 6 nitrogen and oxygen atoms in total. The Morgan fingerprint density at radius 1 is 1.63 bits per heavy atom. The average Bonchev–Trinajstić information content (AvgIpc) is 2.88. The molecule has 0 aliphatic rings. The molecule has 0 aliphatic carbocycles. The molecule has 7 heteroatoms. The molecule has 0 spiro atoms. The number of likely N-dealkylation sites (N-methyl/N-ethyl adjacent to an activating group) is 1. The van der Waals surface area contributed by atoms with Crippen LogP contribution in [0.15, 0.2) is 22.6 Å². The van der Waals surface area contributed by atoms with Crippen LogP contribution in [-0.2, 0) is 11.3 Å². The Labute approximate surface area is 113 Å². The highest BCUT2D eigenvalue weighted by atomic mass is 32.1. The van der Waals surface area contributed by atoms with Gasteiger partial charge in [0, 0.05) is 13.6 Å². The zero-order chi connectivity index (χ0) is 13.8. The number of nitrogens with zero attached hydrogens (tertiary/aromatic N) is 4. The van der Waals surface area contributed by atoms with E-state index in [9.17, 15) is 9.59 Å². The molecule has 0 aliphatic heterocycles. The molecule has 2 aromatic heterocycles. The van der Waals surface area contributed by atoms with Gasteiger partial charge in [-0.1, -0.05) is 0 Å². The van der Waals surface area contributed by atoms with Crippen LogP contribution in [0, 0.1) is 11.3 Å². The van der Waals surface area contributed by atoms with Crippen LogP contribution >= 0.6 is 11.3 Å². The molecule has 0 aromatic carbocycles. The standard InChI is InChI=1S/C12H12N4O2S/c1-15(5-2-4-13)10(17)7-16-8-14-9-3-6-19-11(9)12(16)18/h3,6,8H,2,5,7H2,1H3. The van der Waals surface area contributed by atoms with Crippen molar-refractivity contribution < 1.29 is 4.79 Å². The lowest BCUT2D eigenvalue weighted by Gasteiger charge is -2.15. The lowest BCUT2D eigenvalue weighted by atomic mass is 10.4. The second-order valence-corrected chi connectivity index (χ2v) is 4.95. The maximum absolute atomic E-state index is 12.1. The topological polar surface area (TPSA) is 79.0 Å². The SMILES string of the molecule is CN(CCC#N)C(=O)Cn1cnc2ccsc2c1=O. The molecular formula is C12H12N4O2S. The summed E-state index contributed by atoms with van der Waals surface area (Å²) < 4.78 is 1.85. The molecule has 98 valence electrons. The van der Waals surface area contributed by atoms with E-state index in [0.29, 0.717) is 16.8 Å². The first-order chi connectivity index (χ1) is 9.13. The molecule has 0 saturated heterocycles. The van der Waals surface area contributed by atoms with Crippen LogP contribution in [0.5, 0.6) is 0 Å². The maximum Gasteiger partial charge on any atom is 0.271 e. The van der Waals surface area contributed by atoms with Crippen LogP contribution in [0.1, 0.15) is 6.42 Å². The molecule has 0 N–H and O–H groups in total. The number of nitriles is 1. The van der Waals surface area contributed by atoms with E-state index in [-0.39, 0.29) is 24.4 Å². The van der Waals surface area contributed by atoms with Gasteiger partial charge in [0.15, 0.2) is 0 Å². The van der Waals surface area contributed by atoms with Crippen molar-refractivity contribution in [1.82, 2.24) is 14.5 Å². The summed E-state index contributed by atoms with van der Waals surface area (Å²) in [4.78, 5) is 29.5. The first-order valence-electron chi connectivity index (χ1n) is 5.67. The molecule has 2 heterocycles. The summed E-state index contributed by atoms with van der Waals surface area (Å²) in [5, 5.41) is 10.3. The van der Waals surface area contributed by atoms with E-state index in [1.165, 1.54) is 27.1 Å². The second kappa shape index (κ2) is 5.63. The number of hydrogen-bond donors (Lipinski definition) is 0. The summed E-state index contributed by atoms with van der Waals surface area (Å²) >= 11 is 1.31. The molecule has 0 bridgehead atoms. The Morgan fingerprint density at radius 2 is 2.42 bits per heavy atom. The van der Waals surface area contributed by atoms with Crippen molar-refractivity contribution in [2.45, 2.75) is 13.0 Å². The number of carbonyl (C=O) groups is 1. The van der Waals surface area contributed by atoms with E-state index < -0.39 is 0 Å². The highest BCUT2D eigenvalue weighted by Crippen LogP contribution is 2.13. The Bertz CT molecular complexity index is 698. The number of carbonyl (C=O) groups excluding carboxylic acids is 1. The molecule has 0 atom stereocenters. The summed E-state index contributed by atoms with van der Waals surface area (Å²) in [5.74, 6) is -0.213. The first kappa shape index (κ1) is 13.2. The number of aromatic nitrogens is 2. The van der Waals surface area contributed by atoms with Gasteiger partial charge in [0.25, 0.3) is 5.56 Å². The van der Waals surface area contributed by atoms with Gasteiger partial charge >= 0.3 is 0 Å². The van der Waals surface area contributed by atoms with E-state index in [4.69, 9.17) is 5.26 Å². The van der Waals surface area contributed by atoms with Crippen molar-refractivity contribution >= 4 is 27.5 Å². The van der Waals surface area contributed by atoms with Crippen LogP contribution < -0.4 is 5.56 Å². The van der Waals surface area contributed by atoms with Crippen molar-refractivity contribution in [3.63, 3.8) is 0 Å². The van der Waals surface area contributed by atoms with Gasteiger partial charge in [-0.3, -0.25) is 14.2 Å². The Balaban J connectivity index is 2.17. The minimum absolute atomic E-state index is 0.0540. The van der Waals surface area contributed by atoms with Gasteiger partial charge in [0.05, 0.1) is 24.3 Å². The van der Waals surface area contributed by atoms with Gasteiger partial charge in [-0.05, 0) is 11.4 Å². The van der Waals surface area contributed by atoms with Crippen LogP contribution in [0.2, 0.25) is 0 Å². The Kier molecular flexibility index (Phi) is 3.92. The highest BCUT2D eigenvalue weighted by molar-refractivity contribution is 7.17. The van der Waals surface area contributed by atoms with Crippen molar-refractivity contribution in [2.75, 3.05) is 13.6 Å². The molecule has 2 aromatic rings. The van der Waals surface area contributed by atoms with Crippen molar-refractivity contribution in [1.29, 1.82) is 5.26 Å². The van der Waals surface area contributed by atoms with Crippen molar-refractivity contribution in [3.8, 4) is 6.07 Å². The maximum atomic E-state index is 12.1. The fraction of sp³-hybridized carbons (Fsp3) is 0.333. The van der Waals surface area contributed by atoms with Crippen LogP contribution in [0.3, 0.4) is 0 Å². The van der Waals surface area contributed by atoms with Gasteiger partial charge < -0.3 is 4.90 Å². The van der Waals surface area contributed by atoms with Gasteiger partial charge in [-0.2, -0.15) is 5.26 Å². The van der Waals surface area contributed by atoms with Crippen LogP contribution in [-0.4, -0.2) is 34.0 Å². The second-order valence-electron chi connectivity index (χ2n) is 4.04. The Morgan fingerprint density at radius 3 is 3.16 bits per heavy atom. The summed E-state index contributed by atoms with van der Waals surface area (Å²) in [7, 11) is 1.61. The zero-order valence-electron chi connectivity index (χ0n) is 10.4. The summed E-state index contributed by atoms with van der Waals surface area (Å²) in [6.07, 6.45) is 1.66. The smallest absolute Gasteiger partial charge is 0.271 e. The van der Waals surface area contributed by atoms with Crippen molar-refractivity contribution in [2.24, 2.45) is 0 Å². The fourth-order valence-electron chi connectivity index (χ4n) is 1.60. The number of amides is 1. The zero-order valence-corrected chi connectivity index (χ0v) is 11.2. The van der Waals surface area contributed by atoms with E-state index in [0.717, 1.165) is 0 Å². The largest absolute Gasteiger partial charge is 0.343 e. The molecule has 19 heavy (non-hydrogen) atoms. The summed E-state index contributed by atoms with van der Waals surface area (Å²) in [5.41, 5.74) is 0.443. The highest BCUT2D eigenvalue weighted by Gasteiger charge is 2.12. The van der Waals surface area contributed by atoms with E-state index in [1.54, 1.807) is 18.5 Å². The predicted molar refractivity (Wildman–Crippen MR) is 71.7 cm³/mol. The lowest BCUT2D eigenvalue weighted by Crippen LogP contribution is -2.34. The molecule has 0 saturated carbocycles. The number of thiophene rings is 1. The molecular weight excluding hydrogens is 264 g/mol. The minimum Gasteiger partial charge on any atom is -0.343 e. The van der Waals surface area contributed by atoms with Gasteiger partial charge in [0.2, 0.25) is 5.91 Å². The van der Waals surface area contributed by atoms with E-state index in [1.807, 2.05) is 6.07 Å². The predicted octanol–water partition coefficient (Wildman–Crippen LogP) is 0.830. The minimum atomic E-state index is -0.213. The van der Waals surface area contributed by atoms with Crippen LogP contribution in [0.25, 0.3) is 10.2 Å². The third-order valence-corrected chi connectivity index (χ3v) is 3.62. The monoisotopic (exact) mass is 276 g/mol. The average molecular weight is 276 g/mol. The van der Waals surface area contributed by atoms with Gasteiger partial charge in [0.1, 0.15) is 11.2 Å². The fourth-order valence-corrected chi connectivity index (χ4v) is 2.39. The molecule has 0 fully saturated rings. The third-order valence-electron chi connectivity index (χ3n) is 2.73. The molecule has 2 rings (SSSR count). The number of hydrogen-bond acceptors (Lipinski definition) is 5. The summed E-state index contributed by atoms with van der Waals surface area (Å²) in [6.45, 7) is 0.306. The first-order valence-corrected chi connectivity index (χ1v) is 6.55. The molecule has 0 unspecified atom stereocenters. The number of rotatable bonds is 4. The Hall–Kier alpha value is -2.20. The molecule has 0 radical (unpaired) electrons. The van der Waals surface area contributed by atoms with Gasteiger partial charge in [-0.25, -0.2) is 4.98 Å².